The molecule has 182 valence electrons. The lowest BCUT2D eigenvalue weighted by atomic mass is 9.99. The molecule has 3 aromatic rings. The predicted molar refractivity (Wildman–Crippen MR) is 137 cm³/mol. The Bertz CT molecular complexity index is 1060. The van der Waals surface area contributed by atoms with Crippen LogP contribution in [0.2, 0.25) is 0 Å². The van der Waals surface area contributed by atoms with Gasteiger partial charge in [0.15, 0.2) is 6.10 Å². The molecule has 0 aromatic heterocycles. The minimum atomic E-state index is -0.704. The van der Waals surface area contributed by atoms with Crippen molar-refractivity contribution in [3.63, 3.8) is 0 Å². The molecule has 6 heteroatoms. The van der Waals surface area contributed by atoms with Crippen molar-refractivity contribution in [2.75, 3.05) is 6.61 Å². The molecule has 0 radical (unpaired) electrons. The first kappa shape index (κ1) is 25.2. The van der Waals surface area contributed by atoms with Gasteiger partial charge in [0, 0.05) is 4.90 Å². The Balaban J connectivity index is 1.61. The maximum absolute atomic E-state index is 13.1. The van der Waals surface area contributed by atoms with Gasteiger partial charge in [-0.2, -0.15) is 0 Å². The molecule has 0 spiro atoms. The highest BCUT2D eigenvalue weighted by Gasteiger charge is 2.48. The fraction of sp³-hybridized carbons (Fsp3) is 0.276. The molecule has 0 unspecified atom stereocenters. The highest BCUT2D eigenvalue weighted by molar-refractivity contribution is 7.99. The van der Waals surface area contributed by atoms with Crippen molar-refractivity contribution in [1.82, 2.24) is 0 Å². The van der Waals surface area contributed by atoms with Gasteiger partial charge in [-0.05, 0) is 36.8 Å². The molecule has 1 heterocycles. The van der Waals surface area contributed by atoms with Crippen LogP contribution in [0.3, 0.4) is 0 Å². The van der Waals surface area contributed by atoms with Crippen molar-refractivity contribution in [3.05, 3.63) is 115 Å². The highest BCUT2D eigenvalue weighted by Crippen LogP contribution is 2.37. The minimum Gasteiger partial charge on any atom is -0.452 e. The summed E-state index contributed by atoms with van der Waals surface area (Å²) in [5.74, 6) is -0.429. The zero-order chi connectivity index (χ0) is 24.5. The van der Waals surface area contributed by atoms with Gasteiger partial charge in [0.05, 0.1) is 24.9 Å². The molecule has 0 amide bonds. The first-order valence-electron chi connectivity index (χ1n) is 11.7. The van der Waals surface area contributed by atoms with Gasteiger partial charge in [0.2, 0.25) is 0 Å². The van der Waals surface area contributed by atoms with E-state index in [2.05, 4.69) is 6.58 Å². The van der Waals surface area contributed by atoms with E-state index >= 15 is 0 Å². The van der Waals surface area contributed by atoms with E-state index in [0.29, 0.717) is 18.8 Å². The predicted octanol–water partition coefficient (Wildman–Crippen LogP) is 5.91. The lowest BCUT2D eigenvalue weighted by Gasteiger charge is -2.44. The number of esters is 1. The van der Waals surface area contributed by atoms with E-state index in [-0.39, 0.29) is 6.10 Å². The molecule has 35 heavy (non-hydrogen) atoms. The number of hydrogen-bond donors (Lipinski definition) is 0. The van der Waals surface area contributed by atoms with Crippen molar-refractivity contribution in [1.29, 1.82) is 0 Å². The van der Waals surface area contributed by atoms with Crippen LogP contribution in [0.4, 0.5) is 0 Å². The third kappa shape index (κ3) is 6.83. The zero-order valence-electron chi connectivity index (χ0n) is 19.7. The number of carbonyl (C=O) groups excluding carboxylic acids is 1. The average Bonchev–Trinajstić information content (AvgIpc) is 2.90. The lowest BCUT2D eigenvalue weighted by molar-refractivity contribution is -0.223. The second-order valence-corrected chi connectivity index (χ2v) is 9.40. The molecule has 0 bridgehead atoms. The van der Waals surface area contributed by atoms with Crippen molar-refractivity contribution >= 4 is 17.7 Å². The van der Waals surface area contributed by atoms with Gasteiger partial charge in [-0.3, -0.25) is 0 Å². The van der Waals surface area contributed by atoms with Crippen LogP contribution in [0, 0.1) is 0 Å². The average molecular weight is 491 g/mol. The molecular formula is C29H30O5S. The number of ether oxygens (including phenoxy) is 4. The molecule has 1 aliphatic heterocycles. The van der Waals surface area contributed by atoms with Gasteiger partial charge in [0.1, 0.15) is 17.6 Å². The monoisotopic (exact) mass is 490 g/mol. The van der Waals surface area contributed by atoms with Crippen LogP contribution in [-0.2, 0) is 25.6 Å². The fourth-order valence-electron chi connectivity index (χ4n) is 3.96. The van der Waals surface area contributed by atoms with Crippen molar-refractivity contribution in [3.8, 4) is 0 Å². The highest BCUT2D eigenvalue weighted by atomic mass is 32.2. The summed E-state index contributed by atoms with van der Waals surface area (Å²) < 4.78 is 25.0. The summed E-state index contributed by atoms with van der Waals surface area (Å²) in [6, 6.07) is 28.8. The number of carbonyl (C=O) groups is 1. The lowest BCUT2D eigenvalue weighted by Crippen LogP contribution is -2.59. The molecule has 1 saturated heterocycles. The van der Waals surface area contributed by atoms with Gasteiger partial charge >= 0.3 is 5.97 Å². The Hall–Kier alpha value is -2.90. The van der Waals surface area contributed by atoms with Gasteiger partial charge in [0.25, 0.3) is 0 Å². The number of rotatable bonds is 10. The Kier molecular flexibility index (Phi) is 9.15. The molecular weight excluding hydrogens is 460 g/mol. The van der Waals surface area contributed by atoms with E-state index in [1.807, 2.05) is 85.8 Å². The van der Waals surface area contributed by atoms with Crippen molar-refractivity contribution in [2.45, 2.75) is 48.3 Å². The van der Waals surface area contributed by atoms with Gasteiger partial charge in [-0.25, -0.2) is 4.79 Å². The summed E-state index contributed by atoms with van der Waals surface area (Å²) in [4.78, 5) is 14.1. The van der Waals surface area contributed by atoms with Crippen LogP contribution >= 0.6 is 11.8 Å². The largest absolute Gasteiger partial charge is 0.452 e. The topological polar surface area (TPSA) is 54.0 Å². The maximum atomic E-state index is 13.1. The van der Waals surface area contributed by atoms with Crippen LogP contribution in [0.15, 0.2) is 109 Å². The summed E-state index contributed by atoms with van der Waals surface area (Å²) >= 11 is 1.51. The van der Waals surface area contributed by atoms with Crippen LogP contribution in [-0.4, -0.2) is 42.4 Å². The summed E-state index contributed by atoms with van der Waals surface area (Å²) in [6.45, 7) is 6.45. The molecule has 0 N–H and O–H groups in total. The summed E-state index contributed by atoms with van der Waals surface area (Å²) in [5.41, 5.74) is 1.03. The zero-order valence-corrected chi connectivity index (χ0v) is 20.5. The molecule has 0 aliphatic carbocycles. The van der Waals surface area contributed by atoms with Crippen LogP contribution in [0.25, 0.3) is 0 Å². The Morgan fingerprint density at radius 3 is 2.17 bits per heavy atom. The first-order chi connectivity index (χ1) is 17.2. The van der Waals surface area contributed by atoms with Crippen molar-refractivity contribution < 1.29 is 23.7 Å². The van der Waals surface area contributed by atoms with E-state index in [9.17, 15) is 4.79 Å². The standard InChI is InChI=1S/C29H30O5S/c1-3-19-31-26-25(32-20-22-13-7-4-8-14-22)21(2)33-29(35-24-17-11-6-12-18-24)27(26)34-28(30)23-15-9-5-10-16-23/h3-18,21,25-27,29H,1,19-20H2,2H3/t21-,25-,26+,27+,29-/m0/s1. The maximum Gasteiger partial charge on any atom is 0.338 e. The SMILES string of the molecule is C=CCO[C@@H]1[C@@H](OCc2ccccc2)[C@H](C)O[C@@H](Sc2ccccc2)[C@@H]1OC(=O)c1ccccc1. The third-order valence-corrected chi connectivity index (χ3v) is 6.82. The molecule has 3 aromatic carbocycles. The molecule has 5 nitrogen and oxygen atoms in total. The van der Waals surface area contributed by atoms with E-state index < -0.39 is 29.7 Å². The summed E-state index contributed by atoms with van der Waals surface area (Å²) in [7, 11) is 0. The normalized spacial score (nSPS) is 24.0. The smallest absolute Gasteiger partial charge is 0.338 e. The first-order valence-corrected chi connectivity index (χ1v) is 12.5. The summed E-state index contributed by atoms with van der Waals surface area (Å²) in [6.07, 6.45) is -0.305. The van der Waals surface area contributed by atoms with Crippen molar-refractivity contribution in [2.24, 2.45) is 0 Å². The Labute approximate surface area is 211 Å². The fourth-order valence-corrected chi connectivity index (χ4v) is 5.12. The van der Waals surface area contributed by atoms with E-state index in [1.165, 1.54) is 11.8 Å². The molecule has 4 rings (SSSR count). The summed E-state index contributed by atoms with van der Waals surface area (Å²) in [5, 5.41) is 0. The number of hydrogen-bond acceptors (Lipinski definition) is 6. The van der Waals surface area contributed by atoms with Crippen LogP contribution < -0.4 is 0 Å². The third-order valence-electron chi connectivity index (χ3n) is 5.67. The van der Waals surface area contributed by atoms with Gasteiger partial charge in [-0.1, -0.05) is 84.6 Å². The van der Waals surface area contributed by atoms with E-state index in [0.717, 1.165) is 10.5 Å². The second-order valence-electron chi connectivity index (χ2n) is 8.22. The Morgan fingerprint density at radius 1 is 0.886 bits per heavy atom. The second kappa shape index (κ2) is 12.7. The van der Waals surface area contributed by atoms with E-state index in [4.69, 9.17) is 18.9 Å². The Morgan fingerprint density at radius 2 is 1.51 bits per heavy atom. The quantitative estimate of drug-likeness (QED) is 0.260. The molecule has 5 atom stereocenters. The van der Waals surface area contributed by atoms with Crippen LogP contribution in [0.5, 0.6) is 0 Å². The molecule has 1 aliphatic rings. The van der Waals surface area contributed by atoms with Crippen LogP contribution in [0.1, 0.15) is 22.8 Å². The number of thioether (sulfide) groups is 1. The molecule has 1 fully saturated rings. The number of benzene rings is 3. The van der Waals surface area contributed by atoms with Gasteiger partial charge in [-0.15, -0.1) is 6.58 Å². The molecule has 0 saturated carbocycles. The van der Waals surface area contributed by atoms with E-state index in [1.54, 1.807) is 18.2 Å². The minimum absolute atomic E-state index is 0.290. The van der Waals surface area contributed by atoms with Gasteiger partial charge < -0.3 is 18.9 Å².